The van der Waals surface area contributed by atoms with E-state index in [1.54, 1.807) is 6.20 Å². The van der Waals surface area contributed by atoms with Gasteiger partial charge in [0.25, 0.3) is 0 Å². The molecule has 0 aliphatic heterocycles. The summed E-state index contributed by atoms with van der Waals surface area (Å²) in [5, 5.41) is 0. The van der Waals surface area contributed by atoms with Crippen LogP contribution in [0.1, 0.15) is 5.76 Å². The molecule has 3 heteroatoms. The third-order valence-corrected chi connectivity index (χ3v) is 1.03. The third-order valence-electron chi connectivity index (χ3n) is 1.03. The molecule has 2 N–H and O–H groups in total. The van der Waals surface area contributed by atoms with Gasteiger partial charge < -0.3 is 10.2 Å². The first-order valence-corrected chi connectivity index (χ1v) is 2.61. The van der Waals surface area contributed by atoms with E-state index in [-0.39, 0.29) is 0 Å². The highest BCUT2D eigenvalue weighted by atomic mass is 16.3. The van der Waals surface area contributed by atoms with E-state index < -0.39 is 0 Å². The molecule has 0 radical (unpaired) electrons. The number of nitrogens with zero attached hydrogens (tertiary/aromatic N) is 1. The molecular formula is C6H8N2O. The lowest BCUT2D eigenvalue weighted by Gasteiger charge is -1.91. The average Bonchev–Trinajstić information content (AvgIpc) is 2.37. The summed E-state index contributed by atoms with van der Waals surface area (Å²) in [6.07, 6.45) is 2.95. The van der Waals surface area contributed by atoms with Gasteiger partial charge >= 0.3 is 0 Å². The molecule has 1 rings (SSSR count). The largest absolute Gasteiger partial charge is 0.444 e. The Bertz CT molecular complexity index is 191. The fourth-order valence-corrected chi connectivity index (χ4v) is 0.491. The summed E-state index contributed by atoms with van der Waals surface area (Å²) >= 11 is 0. The zero-order valence-corrected chi connectivity index (χ0v) is 5.00. The first-order valence-electron chi connectivity index (χ1n) is 2.61. The smallest absolute Gasteiger partial charge is 0.181 e. The summed E-state index contributed by atoms with van der Waals surface area (Å²) in [6, 6.07) is 0. The van der Waals surface area contributed by atoms with Crippen LogP contribution >= 0.6 is 0 Å². The second kappa shape index (κ2) is 2.46. The van der Waals surface area contributed by atoms with E-state index in [9.17, 15) is 0 Å². The molecule has 0 unspecified atom stereocenters. The fourth-order valence-electron chi connectivity index (χ4n) is 0.491. The molecule has 9 heavy (non-hydrogen) atoms. The molecule has 0 atom stereocenters. The van der Waals surface area contributed by atoms with E-state index in [1.807, 2.05) is 0 Å². The first-order chi connectivity index (χ1) is 4.34. The maximum Gasteiger partial charge on any atom is 0.181 e. The van der Waals surface area contributed by atoms with Crippen LogP contribution in [0.15, 0.2) is 23.6 Å². The molecule has 0 aliphatic carbocycles. The van der Waals surface area contributed by atoms with Crippen LogP contribution in [0.4, 0.5) is 0 Å². The summed E-state index contributed by atoms with van der Waals surface area (Å²) < 4.78 is 4.90. The van der Waals surface area contributed by atoms with Gasteiger partial charge in [-0.05, 0) is 0 Å². The van der Waals surface area contributed by atoms with Crippen LogP contribution in [-0.4, -0.2) is 11.5 Å². The third kappa shape index (κ3) is 1.17. The van der Waals surface area contributed by atoms with E-state index in [2.05, 4.69) is 11.6 Å². The molecule has 48 valence electrons. The van der Waals surface area contributed by atoms with Gasteiger partial charge in [0.05, 0.1) is 6.20 Å². The van der Waals surface area contributed by atoms with Crippen LogP contribution in [0, 0.1) is 0 Å². The lowest BCUT2D eigenvalue weighted by molar-refractivity contribution is 0.543. The lowest BCUT2D eigenvalue weighted by Crippen LogP contribution is -1.99. The maximum atomic E-state index is 5.28. The van der Waals surface area contributed by atoms with Crippen molar-refractivity contribution in [3.8, 4) is 0 Å². The molecule has 0 saturated heterocycles. The van der Waals surface area contributed by atoms with Gasteiger partial charge in [0, 0.05) is 12.1 Å². The van der Waals surface area contributed by atoms with Gasteiger partial charge in [0.15, 0.2) is 12.2 Å². The van der Waals surface area contributed by atoms with Gasteiger partial charge in [0.2, 0.25) is 0 Å². The zero-order valence-electron chi connectivity index (χ0n) is 5.00. The maximum absolute atomic E-state index is 5.28. The van der Waals surface area contributed by atoms with Crippen molar-refractivity contribution in [3.63, 3.8) is 0 Å². The molecule has 0 aliphatic rings. The van der Waals surface area contributed by atoms with Crippen molar-refractivity contribution in [2.45, 2.75) is 0 Å². The van der Waals surface area contributed by atoms with E-state index in [1.165, 1.54) is 6.39 Å². The summed E-state index contributed by atoms with van der Waals surface area (Å²) in [4.78, 5) is 3.71. The van der Waals surface area contributed by atoms with E-state index in [0.717, 1.165) is 5.57 Å². The minimum absolute atomic E-state index is 0.412. The van der Waals surface area contributed by atoms with Crippen LogP contribution in [0.25, 0.3) is 5.57 Å². The fraction of sp³-hybridized carbons (Fsp3) is 0.167. The van der Waals surface area contributed by atoms with Gasteiger partial charge in [-0.3, -0.25) is 0 Å². The van der Waals surface area contributed by atoms with Crippen molar-refractivity contribution in [3.05, 3.63) is 24.9 Å². The molecule has 3 nitrogen and oxygen atoms in total. The molecular weight excluding hydrogens is 116 g/mol. The van der Waals surface area contributed by atoms with E-state index >= 15 is 0 Å². The van der Waals surface area contributed by atoms with Crippen LogP contribution < -0.4 is 5.73 Å². The highest BCUT2D eigenvalue weighted by Crippen LogP contribution is 2.07. The van der Waals surface area contributed by atoms with Crippen molar-refractivity contribution in [1.82, 2.24) is 4.98 Å². The standard InChI is InChI=1S/C6H8N2O/c1-5(2-7)6-3-8-4-9-6/h3-4H,1-2,7H2. The first kappa shape index (κ1) is 6.04. The topological polar surface area (TPSA) is 52.0 Å². The summed E-state index contributed by atoms with van der Waals surface area (Å²) in [5.74, 6) is 0.664. The predicted molar refractivity (Wildman–Crippen MR) is 34.6 cm³/mol. The number of hydrogen-bond donors (Lipinski definition) is 1. The predicted octanol–water partition coefficient (Wildman–Crippen LogP) is 0.647. The van der Waals surface area contributed by atoms with E-state index in [0.29, 0.717) is 12.3 Å². The lowest BCUT2D eigenvalue weighted by atomic mass is 10.2. The number of nitrogens with two attached hydrogens (primary N) is 1. The molecule has 0 amide bonds. The van der Waals surface area contributed by atoms with Crippen molar-refractivity contribution in [2.75, 3.05) is 6.54 Å². The molecule has 0 fully saturated rings. The number of oxazole rings is 1. The number of aromatic nitrogens is 1. The summed E-state index contributed by atoms with van der Waals surface area (Å²) in [6.45, 7) is 4.07. The molecule has 0 bridgehead atoms. The molecule has 0 saturated carbocycles. The molecule has 0 spiro atoms. The number of hydrogen-bond acceptors (Lipinski definition) is 3. The zero-order chi connectivity index (χ0) is 6.69. The van der Waals surface area contributed by atoms with Gasteiger partial charge in [0.1, 0.15) is 0 Å². The second-order valence-electron chi connectivity index (χ2n) is 1.67. The van der Waals surface area contributed by atoms with E-state index in [4.69, 9.17) is 10.2 Å². The SMILES string of the molecule is C=C(CN)c1cnco1. The van der Waals surface area contributed by atoms with Crippen molar-refractivity contribution < 1.29 is 4.42 Å². The highest BCUT2D eigenvalue weighted by molar-refractivity contribution is 5.58. The Morgan fingerprint density at radius 3 is 3.11 bits per heavy atom. The van der Waals surface area contributed by atoms with Crippen LogP contribution in [0.5, 0.6) is 0 Å². The normalized spacial score (nSPS) is 9.44. The quantitative estimate of drug-likeness (QED) is 0.629. The van der Waals surface area contributed by atoms with Crippen LogP contribution in [0.3, 0.4) is 0 Å². The second-order valence-corrected chi connectivity index (χ2v) is 1.67. The van der Waals surface area contributed by atoms with Gasteiger partial charge in [-0.1, -0.05) is 6.58 Å². The Balaban J connectivity index is 2.77. The minimum Gasteiger partial charge on any atom is -0.444 e. The van der Waals surface area contributed by atoms with Gasteiger partial charge in [-0.25, -0.2) is 4.98 Å². The highest BCUT2D eigenvalue weighted by Gasteiger charge is 1.97. The molecule has 1 aromatic heterocycles. The monoisotopic (exact) mass is 124 g/mol. The number of rotatable bonds is 2. The van der Waals surface area contributed by atoms with Crippen molar-refractivity contribution in [2.24, 2.45) is 5.73 Å². The van der Waals surface area contributed by atoms with Gasteiger partial charge in [-0.15, -0.1) is 0 Å². The Morgan fingerprint density at radius 1 is 1.89 bits per heavy atom. The van der Waals surface area contributed by atoms with Crippen LogP contribution in [-0.2, 0) is 0 Å². The van der Waals surface area contributed by atoms with Gasteiger partial charge in [-0.2, -0.15) is 0 Å². The van der Waals surface area contributed by atoms with Crippen molar-refractivity contribution in [1.29, 1.82) is 0 Å². The summed E-state index contributed by atoms with van der Waals surface area (Å²) in [7, 11) is 0. The van der Waals surface area contributed by atoms with Crippen molar-refractivity contribution >= 4 is 5.57 Å². The molecule has 1 aromatic rings. The Hall–Kier alpha value is -1.09. The Labute approximate surface area is 53.2 Å². The minimum atomic E-state index is 0.412. The average molecular weight is 124 g/mol. The summed E-state index contributed by atoms with van der Waals surface area (Å²) in [5.41, 5.74) is 6.05. The molecule has 0 aromatic carbocycles. The molecule has 1 heterocycles. The Morgan fingerprint density at radius 2 is 2.67 bits per heavy atom. The Kier molecular flexibility index (Phi) is 1.65. The van der Waals surface area contributed by atoms with Crippen LogP contribution in [0.2, 0.25) is 0 Å².